The fourth-order valence-electron chi connectivity index (χ4n) is 2.17. The Morgan fingerprint density at radius 1 is 1.45 bits per heavy atom. The predicted molar refractivity (Wildman–Crippen MR) is 81.5 cm³/mol. The molecule has 3 rings (SSSR count). The Morgan fingerprint density at radius 3 is 2.85 bits per heavy atom. The highest BCUT2D eigenvalue weighted by molar-refractivity contribution is 7.91. The minimum absolute atomic E-state index is 0.0506. The summed E-state index contributed by atoms with van der Waals surface area (Å²) in [7, 11) is -3.40. The molecule has 5 nitrogen and oxygen atoms in total. The van der Waals surface area contributed by atoms with Crippen LogP contribution in [0.2, 0.25) is 0 Å². The SMILES string of the molecule is Cc1nc(-c2ccc(S(=O)(=O)N3CC[C@@H](N)C3)s2)cs1. The zero-order valence-electron chi connectivity index (χ0n) is 10.9. The maximum Gasteiger partial charge on any atom is 0.252 e. The van der Waals surface area contributed by atoms with Gasteiger partial charge in [-0.3, -0.25) is 0 Å². The molecule has 0 saturated carbocycles. The number of rotatable bonds is 3. The van der Waals surface area contributed by atoms with Crippen molar-refractivity contribution in [2.45, 2.75) is 23.6 Å². The van der Waals surface area contributed by atoms with E-state index >= 15 is 0 Å². The average molecular weight is 329 g/mol. The molecule has 2 aromatic rings. The topological polar surface area (TPSA) is 76.3 Å². The van der Waals surface area contributed by atoms with Gasteiger partial charge in [-0.1, -0.05) is 0 Å². The fourth-order valence-corrected chi connectivity index (χ4v) is 5.79. The molecule has 2 aromatic heterocycles. The summed E-state index contributed by atoms with van der Waals surface area (Å²) in [6, 6.07) is 3.43. The van der Waals surface area contributed by atoms with Gasteiger partial charge in [0.05, 0.1) is 15.6 Å². The van der Waals surface area contributed by atoms with Gasteiger partial charge < -0.3 is 5.73 Å². The Labute approximate surface area is 126 Å². The first-order valence-corrected chi connectivity index (χ1v) is 9.38. The van der Waals surface area contributed by atoms with Gasteiger partial charge in [0.15, 0.2) is 0 Å². The van der Waals surface area contributed by atoms with Crippen LogP contribution in [-0.4, -0.2) is 36.8 Å². The summed E-state index contributed by atoms with van der Waals surface area (Å²) in [5.74, 6) is 0. The van der Waals surface area contributed by atoms with Gasteiger partial charge in [-0.2, -0.15) is 4.31 Å². The van der Waals surface area contributed by atoms with Crippen molar-refractivity contribution in [1.29, 1.82) is 0 Å². The third kappa shape index (κ3) is 2.53. The minimum atomic E-state index is -3.40. The molecule has 0 amide bonds. The Hall–Kier alpha value is -0.800. The van der Waals surface area contributed by atoms with Gasteiger partial charge in [0, 0.05) is 24.5 Å². The van der Waals surface area contributed by atoms with Crippen molar-refractivity contribution in [3.8, 4) is 10.6 Å². The first kappa shape index (κ1) is 14.2. The lowest BCUT2D eigenvalue weighted by Gasteiger charge is -2.14. The first-order chi connectivity index (χ1) is 9.46. The number of sulfonamides is 1. The number of hydrogen-bond donors (Lipinski definition) is 1. The third-order valence-corrected chi connectivity index (χ3v) is 7.45. The van der Waals surface area contributed by atoms with Crippen LogP contribution in [0.15, 0.2) is 21.7 Å². The van der Waals surface area contributed by atoms with E-state index in [9.17, 15) is 8.42 Å². The van der Waals surface area contributed by atoms with E-state index < -0.39 is 10.0 Å². The van der Waals surface area contributed by atoms with E-state index in [1.165, 1.54) is 15.6 Å². The van der Waals surface area contributed by atoms with Crippen LogP contribution < -0.4 is 5.73 Å². The molecule has 20 heavy (non-hydrogen) atoms. The lowest BCUT2D eigenvalue weighted by Crippen LogP contribution is -2.31. The molecule has 0 bridgehead atoms. The maximum absolute atomic E-state index is 12.5. The van der Waals surface area contributed by atoms with E-state index in [2.05, 4.69) is 4.98 Å². The van der Waals surface area contributed by atoms with E-state index in [1.54, 1.807) is 17.4 Å². The van der Waals surface area contributed by atoms with Crippen LogP contribution in [0, 0.1) is 6.92 Å². The van der Waals surface area contributed by atoms with Crippen LogP contribution in [0.25, 0.3) is 10.6 Å². The third-order valence-electron chi connectivity index (χ3n) is 3.23. The van der Waals surface area contributed by atoms with Crippen LogP contribution in [0.1, 0.15) is 11.4 Å². The number of nitrogens with two attached hydrogens (primary N) is 1. The van der Waals surface area contributed by atoms with E-state index in [0.29, 0.717) is 17.3 Å². The predicted octanol–water partition coefficient (Wildman–Crippen LogP) is 1.90. The van der Waals surface area contributed by atoms with Crippen LogP contribution in [0.5, 0.6) is 0 Å². The molecule has 0 radical (unpaired) electrons. The number of thiophene rings is 1. The zero-order chi connectivity index (χ0) is 14.3. The monoisotopic (exact) mass is 329 g/mol. The van der Waals surface area contributed by atoms with Gasteiger partial charge >= 0.3 is 0 Å². The van der Waals surface area contributed by atoms with E-state index in [0.717, 1.165) is 22.0 Å². The number of thiazole rings is 1. The van der Waals surface area contributed by atoms with Gasteiger partial charge in [0.2, 0.25) is 0 Å². The highest BCUT2D eigenvalue weighted by Crippen LogP contribution is 2.33. The Bertz CT molecular complexity index is 720. The standard InChI is InChI=1S/C12H15N3O2S3/c1-8-14-10(7-18-8)11-2-3-12(19-11)20(16,17)15-5-4-9(13)6-15/h2-3,7,9H,4-6,13H2,1H3/t9-/m1/s1. The van der Waals surface area contributed by atoms with Gasteiger partial charge in [-0.15, -0.1) is 22.7 Å². The van der Waals surface area contributed by atoms with Crippen molar-refractivity contribution in [1.82, 2.24) is 9.29 Å². The fraction of sp³-hybridized carbons (Fsp3) is 0.417. The van der Waals surface area contributed by atoms with Crippen molar-refractivity contribution >= 4 is 32.7 Å². The van der Waals surface area contributed by atoms with Crippen LogP contribution in [0.4, 0.5) is 0 Å². The molecule has 108 valence electrons. The average Bonchev–Trinajstić information content (AvgIpc) is 3.07. The summed E-state index contributed by atoms with van der Waals surface area (Å²) in [4.78, 5) is 5.27. The largest absolute Gasteiger partial charge is 0.326 e. The highest BCUT2D eigenvalue weighted by Gasteiger charge is 2.32. The molecular weight excluding hydrogens is 314 g/mol. The second-order valence-corrected chi connectivity index (χ2v) is 9.09. The molecule has 1 aliphatic rings. The van der Waals surface area contributed by atoms with E-state index in [-0.39, 0.29) is 6.04 Å². The lowest BCUT2D eigenvalue weighted by atomic mass is 10.3. The molecule has 8 heteroatoms. The Kier molecular flexibility index (Phi) is 3.67. The Morgan fingerprint density at radius 2 is 2.25 bits per heavy atom. The molecule has 0 unspecified atom stereocenters. The number of aromatic nitrogens is 1. The second kappa shape index (κ2) is 5.19. The summed E-state index contributed by atoms with van der Waals surface area (Å²) in [5.41, 5.74) is 6.63. The molecule has 3 heterocycles. The van der Waals surface area contributed by atoms with Gasteiger partial charge in [-0.25, -0.2) is 13.4 Å². The molecular formula is C12H15N3O2S3. The summed E-state index contributed by atoms with van der Waals surface area (Å²) in [6.45, 7) is 2.85. The number of aryl methyl sites for hydroxylation is 1. The van der Waals surface area contributed by atoms with Crippen molar-refractivity contribution < 1.29 is 8.42 Å². The number of nitrogens with zero attached hydrogens (tertiary/aromatic N) is 2. The summed E-state index contributed by atoms with van der Waals surface area (Å²) in [5, 5.41) is 2.92. The molecule has 2 N–H and O–H groups in total. The molecule has 0 aliphatic carbocycles. The molecule has 0 spiro atoms. The molecule has 1 saturated heterocycles. The lowest BCUT2D eigenvalue weighted by molar-refractivity contribution is 0.474. The van der Waals surface area contributed by atoms with Crippen molar-refractivity contribution in [2.24, 2.45) is 5.73 Å². The van der Waals surface area contributed by atoms with E-state index in [4.69, 9.17) is 5.73 Å². The van der Waals surface area contributed by atoms with Gasteiger partial charge in [0.25, 0.3) is 10.0 Å². The summed E-state index contributed by atoms with van der Waals surface area (Å²) >= 11 is 2.83. The second-order valence-electron chi connectivity index (χ2n) is 4.78. The van der Waals surface area contributed by atoms with Crippen molar-refractivity contribution in [3.63, 3.8) is 0 Å². The Balaban J connectivity index is 1.90. The molecule has 1 aliphatic heterocycles. The van der Waals surface area contributed by atoms with Gasteiger partial charge in [0.1, 0.15) is 4.21 Å². The minimum Gasteiger partial charge on any atom is -0.326 e. The van der Waals surface area contributed by atoms with E-state index in [1.807, 2.05) is 18.4 Å². The van der Waals surface area contributed by atoms with Crippen LogP contribution in [0.3, 0.4) is 0 Å². The van der Waals surface area contributed by atoms with Gasteiger partial charge in [-0.05, 0) is 25.5 Å². The number of hydrogen-bond acceptors (Lipinski definition) is 6. The zero-order valence-corrected chi connectivity index (χ0v) is 13.4. The highest BCUT2D eigenvalue weighted by atomic mass is 32.2. The smallest absolute Gasteiger partial charge is 0.252 e. The quantitative estimate of drug-likeness (QED) is 0.933. The normalized spacial score (nSPS) is 20.6. The summed E-state index contributed by atoms with van der Waals surface area (Å²) in [6.07, 6.45) is 0.725. The summed E-state index contributed by atoms with van der Waals surface area (Å²) < 4.78 is 26.8. The molecule has 1 fully saturated rings. The molecule has 1 atom stereocenters. The van der Waals surface area contributed by atoms with Crippen LogP contribution >= 0.6 is 22.7 Å². The first-order valence-electron chi connectivity index (χ1n) is 6.25. The maximum atomic E-state index is 12.5. The van der Waals surface area contributed by atoms with Crippen molar-refractivity contribution in [2.75, 3.05) is 13.1 Å². The van der Waals surface area contributed by atoms with Crippen molar-refractivity contribution in [3.05, 3.63) is 22.5 Å². The van der Waals surface area contributed by atoms with Crippen LogP contribution in [-0.2, 0) is 10.0 Å². The molecule has 0 aromatic carbocycles.